The van der Waals surface area contributed by atoms with Gasteiger partial charge < -0.3 is 5.11 Å². The smallest absolute Gasteiger partial charge is 0.266 e. The largest absolute Gasteiger partial charge is 0.506 e. The van der Waals surface area contributed by atoms with Gasteiger partial charge in [0.2, 0.25) is 0 Å². The molecule has 0 amide bonds. The number of aliphatic hydroxyl groups excluding tert-OH is 1. The van der Waals surface area contributed by atoms with Crippen LogP contribution in [0.1, 0.15) is 17.2 Å². The lowest BCUT2D eigenvalue weighted by Gasteiger charge is -2.13. The Morgan fingerprint density at radius 3 is 2.66 bits per heavy atom. The SMILES string of the molecule is Cc1cccc(/C(O)=C\c2nc3ccc(F)cc3c(=O)n2-c2ccccc2Cl)n1. The molecular formula is C22H15ClFN3O2. The van der Waals surface area contributed by atoms with Gasteiger partial charge in [0.05, 0.1) is 21.6 Å². The lowest BCUT2D eigenvalue weighted by atomic mass is 10.2. The number of rotatable bonds is 3. The molecule has 0 atom stereocenters. The molecule has 0 saturated carbocycles. The van der Waals surface area contributed by atoms with E-state index in [-0.39, 0.29) is 17.0 Å². The number of pyridine rings is 1. The number of fused-ring (bicyclic) bond motifs is 1. The number of para-hydroxylation sites is 1. The fourth-order valence-corrected chi connectivity index (χ4v) is 3.24. The molecule has 4 aromatic rings. The standard InChI is InChI=1S/C22H15ClFN3O2/c1-13-5-4-7-18(25-13)20(28)12-21-26-17-10-9-14(24)11-15(17)22(29)27(21)19-8-3-2-6-16(19)23/h2-12,28H,1H3/b20-12+. The molecule has 2 heterocycles. The summed E-state index contributed by atoms with van der Waals surface area (Å²) in [6.45, 7) is 1.80. The van der Waals surface area contributed by atoms with E-state index in [2.05, 4.69) is 9.97 Å². The van der Waals surface area contributed by atoms with E-state index in [1.807, 2.05) is 0 Å². The van der Waals surface area contributed by atoms with Gasteiger partial charge in [0.1, 0.15) is 23.1 Å². The molecule has 0 spiro atoms. The van der Waals surface area contributed by atoms with Crippen molar-refractivity contribution in [3.63, 3.8) is 0 Å². The highest BCUT2D eigenvalue weighted by molar-refractivity contribution is 6.32. The molecule has 5 nitrogen and oxygen atoms in total. The molecule has 29 heavy (non-hydrogen) atoms. The summed E-state index contributed by atoms with van der Waals surface area (Å²) >= 11 is 6.30. The second-order valence-corrected chi connectivity index (χ2v) is 6.82. The Balaban J connectivity index is 2.03. The lowest BCUT2D eigenvalue weighted by molar-refractivity contribution is 0.511. The molecule has 0 aliphatic rings. The Morgan fingerprint density at radius 2 is 1.90 bits per heavy atom. The maximum absolute atomic E-state index is 13.7. The zero-order valence-corrected chi connectivity index (χ0v) is 16.1. The van der Waals surface area contributed by atoms with Crippen LogP contribution in [0.3, 0.4) is 0 Å². The Bertz CT molecular complexity index is 1330. The van der Waals surface area contributed by atoms with Crippen molar-refractivity contribution in [2.45, 2.75) is 6.92 Å². The van der Waals surface area contributed by atoms with E-state index in [1.54, 1.807) is 49.4 Å². The summed E-state index contributed by atoms with van der Waals surface area (Å²) in [5.41, 5.74) is 1.24. The fourth-order valence-electron chi connectivity index (χ4n) is 3.02. The van der Waals surface area contributed by atoms with Crippen LogP contribution < -0.4 is 5.56 Å². The second kappa shape index (κ2) is 7.48. The number of hydrogen-bond donors (Lipinski definition) is 1. The van der Waals surface area contributed by atoms with Gasteiger partial charge in [0.15, 0.2) is 0 Å². The number of hydrogen-bond acceptors (Lipinski definition) is 4. The molecule has 0 unspecified atom stereocenters. The average molecular weight is 408 g/mol. The number of aromatic nitrogens is 3. The molecule has 0 bridgehead atoms. The van der Waals surface area contributed by atoms with Crippen LogP contribution >= 0.6 is 11.6 Å². The van der Waals surface area contributed by atoms with Gasteiger partial charge in [-0.05, 0) is 49.4 Å². The highest BCUT2D eigenvalue weighted by Gasteiger charge is 2.15. The molecule has 0 fully saturated rings. The molecule has 7 heteroatoms. The molecular weight excluding hydrogens is 393 g/mol. The van der Waals surface area contributed by atoms with Gasteiger partial charge in [-0.2, -0.15) is 0 Å². The summed E-state index contributed by atoms with van der Waals surface area (Å²) in [6.07, 6.45) is 1.34. The summed E-state index contributed by atoms with van der Waals surface area (Å²) in [7, 11) is 0. The van der Waals surface area contributed by atoms with Gasteiger partial charge >= 0.3 is 0 Å². The monoisotopic (exact) mass is 407 g/mol. The van der Waals surface area contributed by atoms with Gasteiger partial charge in [-0.15, -0.1) is 0 Å². The molecule has 4 rings (SSSR count). The van der Waals surface area contributed by atoms with Crippen LogP contribution in [-0.4, -0.2) is 19.6 Å². The number of benzene rings is 2. The highest BCUT2D eigenvalue weighted by Crippen LogP contribution is 2.23. The molecule has 144 valence electrons. The first-order chi connectivity index (χ1) is 13.9. The normalized spacial score (nSPS) is 11.8. The van der Waals surface area contributed by atoms with Crippen LogP contribution in [0.2, 0.25) is 5.02 Å². The molecule has 2 aromatic carbocycles. The van der Waals surface area contributed by atoms with Crippen LogP contribution in [0.25, 0.3) is 28.4 Å². The van der Waals surface area contributed by atoms with Crippen molar-refractivity contribution in [1.29, 1.82) is 0 Å². The van der Waals surface area contributed by atoms with Gasteiger partial charge in [0, 0.05) is 11.8 Å². The van der Waals surface area contributed by atoms with Crippen molar-refractivity contribution in [3.8, 4) is 5.69 Å². The zero-order chi connectivity index (χ0) is 20.5. The lowest BCUT2D eigenvalue weighted by Crippen LogP contribution is -2.23. The van der Waals surface area contributed by atoms with Crippen molar-refractivity contribution in [2.24, 2.45) is 0 Å². The molecule has 1 N–H and O–H groups in total. The number of nitrogens with zero attached hydrogens (tertiary/aromatic N) is 3. The van der Waals surface area contributed by atoms with Crippen molar-refractivity contribution < 1.29 is 9.50 Å². The first-order valence-electron chi connectivity index (χ1n) is 8.76. The summed E-state index contributed by atoms with van der Waals surface area (Å²) in [6, 6.07) is 15.7. The van der Waals surface area contributed by atoms with Crippen molar-refractivity contribution >= 4 is 34.3 Å². The van der Waals surface area contributed by atoms with Gasteiger partial charge in [-0.1, -0.05) is 29.8 Å². The van der Waals surface area contributed by atoms with Gasteiger partial charge in [-0.3, -0.25) is 9.36 Å². The third-order valence-corrected chi connectivity index (χ3v) is 4.69. The second-order valence-electron chi connectivity index (χ2n) is 6.42. The quantitative estimate of drug-likeness (QED) is 0.488. The van der Waals surface area contributed by atoms with Crippen LogP contribution in [-0.2, 0) is 0 Å². The Labute approximate surface area is 170 Å². The minimum atomic E-state index is -0.544. The summed E-state index contributed by atoms with van der Waals surface area (Å²) in [5.74, 6) is -0.567. The van der Waals surface area contributed by atoms with Crippen LogP contribution in [0.4, 0.5) is 4.39 Å². The van der Waals surface area contributed by atoms with E-state index in [0.717, 1.165) is 11.8 Å². The van der Waals surface area contributed by atoms with Crippen molar-refractivity contribution in [3.05, 3.63) is 99.1 Å². The summed E-state index contributed by atoms with van der Waals surface area (Å²) in [5, 5.41) is 11.0. The zero-order valence-electron chi connectivity index (χ0n) is 15.3. The first kappa shape index (κ1) is 18.8. The molecule has 0 saturated heterocycles. The maximum atomic E-state index is 13.7. The van der Waals surface area contributed by atoms with E-state index in [1.165, 1.54) is 22.8 Å². The number of aryl methyl sites for hydroxylation is 1. The predicted octanol–water partition coefficient (Wildman–Crippen LogP) is 4.94. The van der Waals surface area contributed by atoms with Crippen LogP contribution in [0.15, 0.2) is 65.5 Å². The highest BCUT2D eigenvalue weighted by atomic mass is 35.5. The Kier molecular flexibility index (Phi) is 4.86. The molecule has 0 radical (unpaired) electrons. The minimum absolute atomic E-state index is 0.107. The van der Waals surface area contributed by atoms with E-state index >= 15 is 0 Å². The average Bonchev–Trinajstić information content (AvgIpc) is 2.70. The first-order valence-corrected chi connectivity index (χ1v) is 9.14. The molecule has 0 aliphatic heterocycles. The third kappa shape index (κ3) is 3.62. The summed E-state index contributed by atoms with van der Waals surface area (Å²) in [4.78, 5) is 21.9. The number of aliphatic hydroxyl groups is 1. The topological polar surface area (TPSA) is 68.0 Å². The summed E-state index contributed by atoms with van der Waals surface area (Å²) < 4.78 is 15.0. The van der Waals surface area contributed by atoms with Crippen LogP contribution in [0.5, 0.6) is 0 Å². The third-order valence-electron chi connectivity index (χ3n) is 4.37. The fraction of sp³-hybridized carbons (Fsp3) is 0.0455. The van der Waals surface area contributed by atoms with Crippen LogP contribution in [0, 0.1) is 12.7 Å². The maximum Gasteiger partial charge on any atom is 0.266 e. The van der Waals surface area contributed by atoms with E-state index in [9.17, 15) is 14.3 Å². The van der Waals surface area contributed by atoms with E-state index in [4.69, 9.17) is 11.6 Å². The van der Waals surface area contributed by atoms with Gasteiger partial charge in [-0.25, -0.2) is 14.4 Å². The predicted molar refractivity (Wildman–Crippen MR) is 112 cm³/mol. The van der Waals surface area contributed by atoms with Gasteiger partial charge in [0.25, 0.3) is 5.56 Å². The van der Waals surface area contributed by atoms with E-state index in [0.29, 0.717) is 21.9 Å². The van der Waals surface area contributed by atoms with E-state index < -0.39 is 11.4 Å². The number of halogens is 2. The minimum Gasteiger partial charge on any atom is -0.506 e. The molecule has 2 aromatic heterocycles. The Hall–Kier alpha value is -3.51. The Morgan fingerprint density at radius 1 is 1.10 bits per heavy atom. The molecule has 0 aliphatic carbocycles. The van der Waals surface area contributed by atoms with Crippen molar-refractivity contribution in [2.75, 3.05) is 0 Å². The van der Waals surface area contributed by atoms with Crippen molar-refractivity contribution in [1.82, 2.24) is 14.5 Å².